The summed E-state index contributed by atoms with van der Waals surface area (Å²) in [5.41, 5.74) is 28.2. The highest BCUT2D eigenvalue weighted by atomic mass is 28.4. The maximum Gasteiger partial charge on any atom is 0.228 e. The van der Waals surface area contributed by atoms with Crippen molar-refractivity contribution < 1.29 is 4.53 Å². The third-order valence-electron chi connectivity index (χ3n) is 14.7. The van der Waals surface area contributed by atoms with Crippen LogP contribution in [-0.4, -0.2) is 33.8 Å². The van der Waals surface area contributed by atoms with Crippen LogP contribution >= 0.6 is 0 Å². The molecule has 0 saturated heterocycles. The topological polar surface area (TPSA) is 69.8 Å². The van der Waals surface area contributed by atoms with Gasteiger partial charge in [-0.05, 0) is 218 Å². The summed E-state index contributed by atoms with van der Waals surface area (Å²) in [5.74, 6) is 0. The van der Waals surface area contributed by atoms with E-state index < -0.39 is 8.32 Å². The van der Waals surface area contributed by atoms with E-state index in [9.17, 15) is 0 Å². The first-order chi connectivity index (χ1) is 32.9. The summed E-state index contributed by atoms with van der Waals surface area (Å²) in [5, 5.41) is 2.18. The molecule has 358 valence electrons. The van der Waals surface area contributed by atoms with Crippen LogP contribution in [0.4, 0.5) is 5.69 Å². The molecule has 0 atom stereocenters. The molecule has 2 aliphatic heterocycles. The molecule has 3 aromatic heterocycles. The summed E-state index contributed by atoms with van der Waals surface area (Å²) in [6, 6.07) is 31.5. The number of nitrogens with one attached hydrogen (secondary N) is 2. The monoisotopic (exact) mass is 942 g/mol. The highest BCUT2D eigenvalue weighted by molar-refractivity contribution is 6.74. The molecule has 0 fully saturated rings. The zero-order chi connectivity index (χ0) is 50.4. The summed E-state index contributed by atoms with van der Waals surface area (Å²) < 4.78 is 7.08. The lowest BCUT2D eigenvalue weighted by Gasteiger charge is -2.45. The molecule has 5 heterocycles. The molecule has 0 spiro atoms. The molecule has 2 N–H and O–H groups in total. The fourth-order valence-corrected chi connectivity index (χ4v) is 11.8. The van der Waals surface area contributed by atoms with Crippen molar-refractivity contribution in [3.63, 3.8) is 0 Å². The van der Waals surface area contributed by atoms with Gasteiger partial charge in [0.1, 0.15) is 0 Å². The first-order valence-corrected chi connectivity index (χ1v) is 27.8. The fraction of sp³-hybridized carbons (Fsp3) is 0.302. The van der Waals surface area contributed by atoms with Crippen LogP contribution < -0.4 is 5.06 Å². The third kappa shape index (κ3) is 8.83. The third-order valence-corrected chi connectivity index (χ3v) is 18.9. The van der Waals surface area contributed by atoms with Gasteiger partial charge in [0.25, 0.3) is 0 Å². The van der Waals surface area contributed by atoms with Crippen LogP contribution in [0.5, 0.6) is 0 Å². The van der Waals surface area contributed by atoms with Gasteiger partial charge in [0, 0.05) is 44.3 Å². The zero-order valence-electron chi connectivity index (χ0n) is 44.6. The van der Waals surface area contributed by atoms with Crippen LogP contribution in [0.3, 0.4) is 0 Å². The lowest BCUT2D eigenvalue weighted by Crippen LogP contribution is -2.52. The van der Waals surface area contributed by atoms with Crippen LogP contribution in [0.15, 0.2) is 84.9 Å². The Morgan fingerprint density at radius 1 is 0.414 bits per heavy atom. The maximum absolute atomic E-state index is 7.08. The van der Waals surface area contributed by atoms with E-state index in [1.807, 2.05) is 0 Å². The van der Waals surface area contributed by atoms with Gasteiger partial charge in [0.15, 0.2) is 0 Å². The van der Waals surface area contributed by atoms with Crippen molar-refractivity contribution in [1.82, 2.24) is 19.9 Å². The summed E-state index contributed by atoms with van der Waals surface area (Å²) in [4.78, 5) is 19.3. The lowest BCUT2D eigenvalue weighted by atomic mass is 9.92. The number of aromatic nitrogens is 4. The smallest absolute Gasteiger partial charge is 0.228 e. The number of benzene rings is 4. The van der Waals surface area contributed by atoms with E-state index in [2.05, 4.69) is 241 Å². The number of rotatable bonds is 7. The Labute approximate surface area is 417 Å². The summed E-state index contributed by atoms with van der Waals surface area (Å²) in [7, 11) is -2.18. The molecule has 6 nitrogen and oxygen atoms in total. The number of fused-ring (bicyclic) bond motifs is 8. The fourth-order valence-electron chi connectivity index (χ4n) is 10.7. The quantitative estimate of drug-likeness (QED) is 0.123. The molecule has 4 aromatic carbocycles. The van der Waals surface area contributed by atoms with E-state index in [4.69, 9.17) is 14.5 Å². The van der Waals surface area contributed by atoms with Gasteiger partial charge in [-0.1, -0.05) is 86.0 Å². The number of hydrogen-bond acceptors (Lipinski definition) is 4. The first kappa shape index (κ1) is 48.5. The predicted molar refractivity (Wildman–Crippen MR) is 304 cm³/mol. The van der Waals surface area contributed by atoms with E-state index in [-0.39, 0.29) is 10.6 Å². The molecule has 0 saturated carbocycles. The van der Waals surface area contributed by atoms with Gasteiger partial charge in [-0.3, -0.25) is 5.06 Å². The Balaban J connectivity index is 1.43. The van der Waals surface area contributed by atoms with E-state index in [1.54, 1.807) is 0 Å². The minimum absolute atomic E-state index is 0.0421. The van der Waals surface area contributed by atoms with E-state index in [1.165, 1.54) is 66.8 Å². The molecule has 9 rings (SSSR count). The highest BCUT2D eigenvalue weighted by Gasteiger charge is 2.42. The van der Waals surface area contributed by atoms with Gasteiger partial charge in [0.05, 0.1) is 34.0 Å². The summed E-state index contributed by atoms with van der Waals surface area (Å²) >= 11 is 0. The predicted octanol–water partition coefficient (Wildman–Crippen LogP) is 17.6. The van der Waals surface area contributed by atoms with E-state index in [0.29, 0.717) is 0 Å². The molecule has 0 aliphatic carbocycles. The van der Waals surface area contributed by atoms with Crippen molar-refractivity contribution in [2.24, 2.45) is 0 Å². The van der Waals surface area contributed by atoms with Crippen molar-refractivity contribution in [2.75, 3.05) is 5.06 Å². The highest BCUT2D eigenvalue weighted by Crippen LogP contribution is 2.44. The molecule has 70 heavy (non-hydrogen) atoms. The number of hydroxylamine groups is 1. The van der Waals surface area contributed by atoms with Crippen molar-refractivity contribution >= 4 is 60.4 Å². The van der Waals surface area contributed by atoms with Crippen LogP contribution in [0, 0.1) is 62.3 Å². The van der Waals surface area contributed by atoms with Crippen LogP contribution in [0.2, 0.25) is 18.1 Å². The van der Waals surface area contributed by atoms with Gasteiger partial charge in [0.2, 0.25) is 8.32 Å². The number of H-pyrrole nitrogens is 2. The second-order valence-electron chi connectivity index (χ2n) is 22.7. The van der Waals surface area contributed by atoms with Crippen molar-refractivity contribution in [2.45, 2.75) is 128 Å². The minimum atomic E-state index is -2.18. The van der Waals surface area contributed by atoms with Gasteiger partial charge < -0.3 is 14.5 Å². The van der Waals surface area contributed by atoms with Gasteiger partial charge in [-0.25, -0.2) is 9.97 Å². The zero-order valence-corrected chi connectivity index (χ0v) is 45.6. The number of aryl methyl sites for hydroxylation is 9. The molecular formula is C63H71N5OSi. The summed E-state index contributed by atoms with van der Waals surface area (Å²) in [6.45, 7) is 38.0. The summed E-state index contributed by atoms with van der Waals surface area (Å²) in [6.07, 6.45) is 8.82. The number of hydrogen-bond donors (Lipinski definition) is 2. The molecule has 0 radical (unpaired) electrons. The standard InChI is InChI=1S/C63H71N5OSi/c1-36-30-39(4)55(40(5)31-36)59-49-24-22-47(64-49)58(45-18-20-46(21-19-45)68(62(10,11)12)69-70(16,17)63(13,14)15)48-23-25-50(65-48)60(56-41(6)32-37(2)33-42(56)7)52-27-29-54(67-52)61(53-28-26-51(59)66-53)57-43(8)34-38(3)35-44(57)9/h18-35,64,67H,1-17H3. The Morgan fingerprint density at radius 3 is 1.01 bits per heavy atom. The molecule has 0 amide bonds. The minimum Gasteiger partial charge on any atom is -0.354 e. The number of nitrogens with zero attached hydrogens (tertiary/aromatic N) is 3. The van der Waals surface area contributed by atoms with Crippen molar-refractivity contribution in [3.8, 4) is 44.5 Å². The molecular weight excluding hydrogens is 871 g/mol. The lowest BCUT2D eigenvalue weighted by molar-refractivity contribution is 0.185. The number of aromatic amines is 2. The van der Waals surface area contributed by atoms with Gasteiger partial charge in [-0.15, -0.1) is 0 Å². The SMILES string of the molecule is Cc1cc(C)c(-c2c3nc(c(-c4c(C)cc(C)cc4C)c4ccc([nH]4)c(-c4c(C)cc(C)cc4C)c4nc(c(-c5ccc(N(O[Si](C)(C)C(C)(C)C)C(C)(C)C)cc5)c5ccc2[nH]5)C=C4)C=C3)c(C)c1. The second-order valence-corrected chi connectivity index (χ2v) is 27.4. The van der Waals surface area contributed by atoms with Crippen molar-refractivity contribution in [1.29, 1.82) is 0 Å². The van der Waals surface area contributed by atoms with Gasteiger partial charge in [-0.2, -0.15) is 0 Å². The van der Waals surface area contributed by atoms with Crippen LogP contribution in [0.1, 0.15) is 114 Å². The molecule has 7 aromatic rings. The Kier molecular flexibility index (Phi) is 12.3. The normalized spacial score (nSPS) is 12.9. The van der Waals surface area contributed by atoms with E-state index in [0.717, 1.165) is 78.3 Å². The molecule has 8 bridgehead atoms. The Bertz CT molecular complexity index is 3370. The molecule has 7 heteroatoms. The van der Waals surface area contributed by atoms with Crippen LogP contribution in [0.25, 0.3) is 90.9 Å². The molecule has 0 unspecified atom stereocenters. The second kappa shape index (κ2) is 17.7. The average molecular weight is 942 g/mol. The van der Waals surface area contributed by atoms with Crippen LogP contribution in [-0.2, 0) is 4.53 Å². The van der Waals surface area contributed by atoms with Gasteiger partial charge >= 0.3 is 0 Å². The average Bonchev–Trinajstić information content (AvgIpc) is 4.10. The Hall–Kier alpha value is -6.54. The number of anilines is 1. The van der Waals surface area contributed by atoms with Crippen molar-refractivity contribution in [3.05, 3.63) is 158 Å². The largest absolute Gasteiger partial charge is 0.354 e. The first-order valence-electron chi connectivity index (χ1n) is 24.9. The Morgan fingerprint density at radius 2 is 0.714 bits per heavy atom. The maximum atomic E-state index is 7.08. The molecule has 2 aliphatic rings. The van der Waals surface area contributed by atoms with E-state index >= 15 is 0 Å².